The number of hydrogen-bond acceptors (Lipinski definition) is 6. The van der Waals surface area contributed by atoms with Gasteiger partial charge >= 0.3 is 0 Å². The Kier molecular flexibility index (Phi) is 6.52. The smallest absolute Gasteiger partial charge is 0.250 e. The third-order valence-corrected chi connectivity index (χ3v) is 4.84. The Bertz CT molecular complexity index is 1230. The van der Waals surface area contributed by atoms with Gasteiger partial charge in [-0.3, -0.25) is 10.1 Å². The van der Waals surface area contributed by atoms with E-state index in [0.29, 0.717) is 23.7 Å². The lowest BCUT2D eigenvalue weighted by Gasteiger charge is -2.08. The number of pyridine rings is 1. The van der Waals surface area contributed by atoms with Crippen LogP contribution in [-0.2, 0) is 11.3 Å². The number of nitrogens with one attached hydrogen (secondary N) is 2. The summed E-state index contributed by atoms with van der Waals surface area (Å²) in [5, 5.41) is 5.91. The second-order valence-electron chi connectivity index (χ2n) is 6.82. The van der Waals surface area contributed by atoms with E-state index in [1.54, 1.807) is 19.4 Å². The molecule has 160 valence electrons. The maximum absolute atomic E-state index is 12.1. The highest BCUT2D eigenvalue weighted by Crippen LogP contribution is 2.23. The van der Waals surface area contributed by atoms with Gasteiger partial charge in [-0.2, -0.15) is 4.98 Å². The summed E-state index contributed by atoms with van der Waals surface area (Å²) in [5.41, 5.74) is 3.96. The Labute approximate surface area is 190 Å². The summed E-state index contributed by atoms with van der Waals surface area (Å²) in [6.07, 6.45) is 4.82. The Balaban J connectivity index is 1.27. The van der Waals surface area contributed by atoms with Gasteiger partial charge < -0.3 is 14.5 Å². The lowest BCUT2D eigenvalue weighted by Crippen LogP contribution is -2.37. The number of benzene rings is 2. The molecule has 8 heteroatoms. The van der Waals surface area contributed by atoms with Crippen molar-refractivity contribution in [2.75, 3.05) is 7.11 Å². The van der Waals surface area contributed by atoms with Crippen molar-refractivity contribution in [2.24, 2.45) is 0 Å². The predicted molar refractivity (Wildman–Crippen MR) is 127 cm³/mol. The summed E-state index contributed by atoms with van der Waals surface area (Å²) in [5.74, 6) is 0.971. The van der Waals surface area contributed by atoms with Crippen molar-refractivity contribution in [1.29, 1.82) is 0 Å². The zero-order valence-electron chi connectivity index (χ0n) is 17.2. The monoisotopic (exact) mass is 444 g/mol. The minimum atomic E-state index is -0.307. The van der Waals surface area contributed by atoms with E-state index in [2.05, 4.69) is 20.6 Å². The van der Waals surface area contributed by atoms with Gasteiger partial charge in [-0.25, -0.2) is 4.98 Å². The zero-order chi connectivity index (χ0) is 22.3. The Hall–Kier alpha value is -4.04. The van der Waals surface area contributed by atoms with Crippen LogP contribution in [0.1, 0.15) is 11.1 Å². The third kappa shape index (κ3) is 5.35. The van der Waals surface area contributed by atoms with Gasteiger partial charge in [-0.05, 0) is 65.8 Å². The number of oxazole rings is 1. The van der Waals surface area contributed by atoms with Gasteiger partial charge in [0.15, 0.2) is 16.3 Å². The molecule has 0 atom stereocenters. The fourth-order valence-electron chi connectivity index (χ4n) is 2.92. The van der Waals surface area contributed by atoms with Gasteiger partial charge in [-0.1, -0.05) is 24.3 Å². The standard InChI is InChI=1S/C24H20N4O3S/c1-30-19-11-6-16(7-12-19)8-13-21(29)27-24(32)26-15-17-4-9-18(10-5-17)23-28-22-20(31-23)3-2-14-25-22/h2-14H,15H2,1H3,(H2,26,27,29,32)/b13-8+. The van der Waals surface area contributed by atoms with Gasteiger partial charge in [0.2, 0.25) is 11.8 Å². The van der Waals surface area contributed by atoms with Gasteiger partial charge in [0.1, 0.15) is 5.75 Å². The molecular formula is C24H20N4O3S. The summed E-state index contributed by atoms with van der Waals surface area (Å²) in [6, 6.07) is 18.7. The molecule has 0 aliphatic rings. The molecule has 0 aliphatic heterocycles. The number of methoxy groups -OCH3 is 1. The first-order valence-electron chi connectivity index (χ1n) is 9.82. The summed E-state index contributed by atoms with van der Waals surface area (Å²) >= 11 is 5.21. The predicted octanol–water partition coefficient (Wildman–Crippen LogP) is 4.10. The zero-order valence-corrected chi connectivity index (χ0v) is 18.1. The summed E-state index contributed by atoms with van der Waals surface area (Å²) in [6.45, 7) is 0.469. The second-order valence-corrected chi connectivity index (χ2v) is 7.23. The van der Waals surface area contributed by atoms with Crippen LogP contribution < -0.4 is 15.4 Å². The van der Waals surface area contributed by atoms with E-state index in [9.17, 15) is 4.79 Å². The molecule has 0 fully saturated rings. The lowest BCUT2D eigenvalue weighted by molar-refractivity contribution is -0.115. The van der Waals surface area contributed by atoms with Crippen molar-refractivity contribution < 1.29 is 13.9 Å². The largest absolute Gasteiger partial charge is 0.497 e. The Morgan fingerprint density at radius 3 is 2.62 bits per heavy atom. The van der Waals surface area contributed by atoms with Crippen LogP contribution in [0.2, 0.25) is 0 Å². The van der Waals surface area contributed by atoms with E-state index in [-0.39, 0.29) is 11.0 Å². The SMILES string of the molecule is COc1ccc(/C=C/C(=O)NC(=S)NCc2ccc(-c3nc4ncccc4o3)cc2)cc1. The molecule has 2 aromatic heterocycles. The number of fused-ring (bicyclic) bond motifs is 1. The summed E-state index contributed by atoms with van der Waals surface area (Å²) in [4.78, 5) is 20.6. The number of carbonyl (C=O) groups is 1. The van der Waals surface area contributed by atoms with Crippen molar-refractivity contribution in [2.45, 2.75) is 6.54 Å². The van der Waals surface area contributed by atoms with Crippen LogP contribution in [0.15, 0.2) is 77.4 Å². The van der Waals surface area contributed by atoms with E-state index >= 15 is 0 Å². The number of thiocarbonyl (C=S) groups is 1. The number of rotatable bonds is 6. The first-order valence-corrected chi connectivity index (χ1v) is 10.2. The molecule has 2 heterocycles. The second kappa shape index (κ2) is 9.84. The average Bonchev–Trinajstić information content (AvgIpc) is 3.26. The molecule has 4 rings (SSSR count). The molecular weight excluding hydrogens is 424 g/mol. The first-order chi connectivity index (χ1) is 15.6. The summed E-state index contributed by atoms with van der Waals surface area (Å²) in [7, 11) is 1.61. The average molecular weight is 445 g/mol. The van der Waals surface area contributed by atoms with Crippen LogP contribution >= 0.6 is 12.2 Å². The molecule has 0 bridgehead atoms. The van der Waals surface area contributed by atoms with Crippen molar-refractivity contribution in [3.05, 3.63) is 84.1 Å². The van der Waals surface area contributed by atoms with Crippen LogP contribution in [0.25, 0.3) is 28.8 Å². The number of ether oxygens (including phenoxy) is 1. The van der Waals surface area contributed by atoms with Gasteiger partial charge in [0.05, 0.1) is 7.11 Å². The molecule has 0 spiro atoms. The molecule has 0 saturated carbocycles. The van der Waals surface area contributed by atoms with Crippen molar-refractivity contribution in [3.8, 4) is 17.2 Å². The quantitative estimate of drug-likeness (QED) is 0.342. The van der Waals surface area contributed by atoms with Crippen LogP contribution in [0.5, 0.6) is 5.75 Å². The molecule has 0 unspecified atom stereocenters. The van der Waals surface area contributed by atoms with E-state index in [1.807, 2.05) is 60.7 Å². The fourth-order valence-corrected chi connectivity index (χ4v) is 3.10. The lowest BCUT2D eigenvalue weighted by atomic mass is 10.1. The van der Waals surface area contributed by atoms with E-state index in [1.165, 1.54) is 6.08 Å². The Morgan fingerprint density at radius 1 is 1.12 bits per heavy atom. The number of amides is 1. The van der Waals surface area contributed by atoms with Gasteiger partial charge in [-0.15, -0.1) is 0 Å². The van der Waals surface area contributed by atoms with Crippen LogP contribution in [0.3, 0.4) is 0 Å². The minimum absolute atomic E-state index is 0.253. The van der Waals surface area contributed by atoms with E-state index in [0.717, 1.165) is 22.4 Å². The third-order valence-electron chi connectivity index (χ3n) is 4.60. The van der Waals surface area contributed by atoms with Crippen LogP contribution in [0, 0.1) is 0 Å². The fraction of sp³-hybridized carbons (Fsp3) is 0.0833. The summed E-state index contributed by atoms with van der Waals surface area (Å²) < 4.78 is 10.8. The van der Waals surface area contributed by atoms with E-state index < -0.39 is 0 Å². The first kappa shape index (κ1) is 21.2. The molecule has 2 aromatic carbocycles. The van der Waals surface area contributed by atoms with Gasteiger partial charge in [0.25, 0.3) is 0 Å². The molecule has 0 saturated heterocycles. The highest BCUT2D eigenvalue weighted by molar-refractivity contribution is 7.80. The highest BCUT2D eigenvalue weighted by atomic mass is 32.1. The normalized spacial score (nSPS) is 10.9. The highest BCUT2D eigenvalue weighted by Gasteiger charge is 2.08. The number of nitrogens with zero attached hydrogens (tertiary/aromatic N) is 2. The molecule has 0 aliphatic carbocycles. The van der Waals surface area contributed by atoms with Crippen LogP contribution in [0.4, 0.5) is 0 Å². The number of carbonyl (C=O) groups excluding carboxylic acids is 1. The topological polar surface area (TPSA) is 89.3 Å². The molecule has 4 aromatic rings. The number of aromatic nitrogens is 2. The minimum Gasteiger partial charge on any atom is -0.497 e. The van der Waals surface area contributed by atoms with Crippen molar-refractivity contribution in [1.82, 2.24) is 20.6 Å². The van der Waals surface area contributed by atoms with Crippen molar-refractivity contribution >= 4 is 40.5 Å². The molecule has 7 nitrogen and oxygen atoms in total. The van der Waals surface area contributed by atoms with E-state index in [4.69, 9.17) is 21.4 Å². The molecule has 32 heavy (non-hydrogen) atoms. The number of hydrogen-bond donors (Lipinski definition) is 2. The molecule has 1 amide bonds. The maximum atomic E-state index is 12.1. The molecule has 2 N–H and O–H groups in total. The van der Waals surface area contributed by atoms with Crippen LogP contribution in [-0.4, -0.2) is 28.1 Å². The molecule has 0 radical (unpaired) electrons. The maximum Gasteiger partial charge on any atom is 0.250 e. The Morgan fingerprint density at radius 2 is 1.91 bits per heavy atom. The van der Waals surface area contributed by atoms with Crippen molar-refractivity contribution in [3.63, 3.8) is 0 Å². The van der Waals surface area contributed by atoms with Gasteiger partial charge in [0, 0.05) is 24.4 Å².